The van der Waals surface area contributed by atoms with E-state index in [1.165, 1.54) is 4.31 Å². The molecule has 2 rings (SSSR count). The molecule has 140 valence electrons. The number of carbonyl (C=O) groups excluding carboxylic acids is 1. The topological polar surface area (TPSA) is 66.5 Å². The van der Waals surface area contributed by atoms with Crippen LogP contribution in [-0.2, 0) is 27.8 Å². The quantitative estimate of drug-likeness (QED) is 0.665. The molecule has 1 amide bonds. The summed E-state index contributed by atoms with van der Waals surface area (Å²) < 4.78 is 25.1. The fourth-order valence-corrected chi connectivity index (χ4v) is 3.33. The van der Waals surface area contributed by atoms with E-state index in [0.717, 1.165) is 30.2 Å². The number of carbonyl (C=O) groups is 1. The van der Waals surface area contributed by atoms with Crippen molar-refractivity contribution in [3.05, 3.63) is 70.7 Å². The van der Waals surface area contributed by atoms with Crippen LogP contribution in [0.4, 0.5) is 0 Å². The number of amides is 1. The van der Waals surface area contributed by atoms with Crippen LogP contribution in [-0.4, -0.2) is 38.0 Å². The lowest BCUT2D eigenvalue weighted by atomic mass is 10.1. The predicted molar refractivity (Wildman–Crippen MR) is 104 cm³/mol. The van der Waals surface area contributed by atoms with Crippen molar-refractivity contribution < 1.29 is 13.2 Å². The van der Waals surface area contributed by atoms with Crippen LogP contribution in [0.1, 0.15) is 17.5 Å². The van der Waals surface area contributed by atoms with Crippen molar-refractivity contribution in [3.8, 4) is 0 Å². The van der Waals surface area contributed by atoms with Crippen molar-refractivity contribution in [1.82, 2.24) is 9.62 Å². The first-order chi connectivity index (χ1) is 12.3. The molecule has 0 atom stereocenters. The molecule has 0 aliphatic carbocycles. The van der Waals surface area contributed by atoms with Crippen molar-refractivity contribution in [3.63, 3.8) is 0 Å². The normalized spacial score (nSPS) is 11.5. The summed E-state index contributed by atoms with van der Waals surface area (Å²) in [7, 11) is -3.48. The molecule has 0 heterocycles. The number of rotatable bonds is 9. The average Bonchev–Trinajstić information content (AvgIpc) is 2.60. The summed E-state index contributed by atoms with van der Waals surface area (Å²) in [6.07, 6.45) is 2.70. The van der Waals surface area contributed by atoms with Gasteiger partial charge < -0.3 is 5.32 Å². The molecular formula is C19H23ClN2O3S. The number of aryl methyl sites for hydroxylation is 1. The summed E-state index contributed by atoms with van der Waals surface area (Å²) in [6, 6.07) is 16.8. The van der Waals surface area contributed by atoms with Crippen molar-refractivity contribution in [2.45, 2.75) is 19.4 Å². The smallest absolute Gasteiger partial charge is 0.235 e. The van der Waals surface area contributed by atoms with Crippen LogP contribution in [0, 0.1) is 0 Å². The molecule has 0 saturated carbocycles. The van der Waals surface area contributed by atoms with Gasteiger partial charge in [-0.05, 0) is 36.1 Å². The monoisotopic (exact) mass is 394 g/mol. The Morgan fingerprint density at radius 1 is 1.04 bits per heavy atom. The van der Waals surface area contributed by atoms with Crippen LogP contribution in [0.3, 0.4) is 0 Å². The molecular weight excluding hydrogens is 372 g/mol. The van der Waals surface area contributed by atoms with Gasteiger partial charge >= 0.3 is 0 Å². The maximum Gasteiger partial charge on any atom is 0.235 e. The largest absolute Gasteiger partial charge is 0.355 e. The number of halogens is 1. The highest BCUT2D eigenvalue weighted by atomic mass is 35.5. The van der Waals surface area contributed by atoms with E-state index in [4.69, 9.17) is 11.6 Å². The molecule has 0 bridgehead atoms. The van der Waals surface area contributed by atoms with Crippen LogP contribution in [0.5, 0.6) is 0 Å². The molecule has 0 unspecified atom stereocenters. The molecule has 7 heteroatoms. The first kappa shape index (κ1) is 20.4. The van der Waals surface area contributed by atoms with E-state index >= 15 is 0 Å². The summed E-state index contributed by atoms with van der Waals surface area (Å²) in [6.45, 7) is 0.483. The third kappa shape index (κ3) is 7.15. The highest BCUT2D eigenvalue weighted by Crippen LogP contribution is 2.11. The second-order valence-electron chi connectivity index (χ2n) is 6.10. The zero-order chi connectivity index (χ0) is 19.0. The maximum absolute atomic E-state index is 12.1. The first-order valence-electron chi connectivity index (χ1n) is 8.35. The van der Waals surface area contributed by atoms with Crippen LogP contribution in [0.2, 0.25) is 5.02 Å². The average molecular weight is 395 g/mol. The van der Waals surface area contributed by atoms with Crippen molar-refractivity contribution in [2.75, 3.05) is 19.3 Å². The van der Waals surface area contributed by atoms with Crippen molar-refractivity contribution in [2.24, 2.45) is 0 Å². The van der Waals surface area contributed by atoms with Crippen LogP contribution in [0.25, 0.3) is 0 Å². The van der Waals surface area contributed by atoms with Gasteiger partial charge in [-0.15, -0.1) is 0 Å². The number of hydrogen-bond donors (Lipinski definition) is 1. The Hall–Kier alpha value is -1.89. The van der Waals surface area contributed by atoms with Crippen LogP contribution < -0.4 is 5.32 Å². The molecule has 5 nitrogen and oxygen atoms in total. The SMILES string of the molecule is CS(=O)(=O)N(CC(=O)NCCCc1ccc(Cl)cc1)Cc1ccccc1. The molecule has 2 aromatic carbocycles. The van der Waals surface area contributed by atoms with Gasteiger partial charge in [-0.25, -0.2) is 8.42 Å². The number of nitrogens with zero attached hydrogens (tertiary/aromatic N) is 1. The van der Waals surface area contributed by atoms with Gasteiger partial charge in [-0.2, -0.15) is 4.31 Å². The Labute approximate surface area is 160 Å². The highest BCUT2D eigenvalue weighted by Gasteiger charge is 2.20. The van der Waals surface area contributed by atoms with E-state index in [1.807, 2.05) is 54.6 Å². The molecule has 1 N–H and O–H groups in total. The standard InChI is InChI=1S/C19H23ClN2O3S/c1-26(24,25)22(14-17-6-3-2-4-7-17)15-19(23)21-13-5-8-16-9-11-18(20)12-10-16/h2-4,6-7,9-12H,5,8,13-15H2,1H3,(H,21,23). The molecule has 0 radical (unpaired) electrons. The highest BCUT2D eigenvalue weighted by molar-refractivity contribution is 7.88. The second-order valence-corrected chi connectivity index (χ2v) is 8.52. The van der Waals surface area contributed by atoms with E-state index in [1.54, 1.807) is 0 Å². The van der Waals surface area contributed by atoms with Crippen LogP contribution in [0.15, 0.2) is 54.6 Å². The minimum atomic E-state index is -3.48. The molecule has 26 heavy (non-hydrogen) atoms. The van der Waals surface area contributed by atoms with Gasteiger partial charge in [0.25, 0.3) is 0 Å². The third-order valence-corrected chi connectivity index (χ3v) is 5.32. The van der Waals surface area contributed by atoms with Gasteiger partial charge in [0, 0.05) is 18.1 Å². The Morgan fingerprint density at radius 2 is 1.69 bits per heavy atom. The number of nitrogens with one attached hydrogen (secondary N) is 1. The Morgan fingerprint density at radius 3 is 2.31 bits per heavy atom. The van der Waals surface area contributed by atoms with E-state index in [2.05, 4.69) is 5.32 Å². The molecule has 0 fully saturated rings. The third-order valence-electron chi connectivity index (χ3n) is 3.87. The lowest BCUT2D eigenvalue weighted by Crippen LogP contribution is -2.40. The van der Waals surface area contributed by atoms with Crippen LogP contribution >= 0.6 is 11.6 Å². The van der Waals surface area contributed by atoms with Gasteiger partial charge in [0.2, 0.25) is 15.9 Å². The van der Waals surface area contributed by atoms with Crippen molar-refractivity contribution >= 4 is 27.5 Å². The zero-order valence-electron chi connectivity index (χ0n) is 14.7. The van der Waals surface area contributed by atoms with E-state index in [0.29, 0.717) is 11.6 Å². The number of sulfonamides is 1. The molecule has 0 saturated heterocycles. The Bertz CT molecular complexity index is 808. The lowest BCUT2D eigenvalue weighted by molar-refractivity contribution is -0.121. The van der Waals surface area contributed by atoms with E-state index in [-0.39, 0.29) is 19.0 Å². The fraction of sp³-hybridized carbons (Fsp3) is 0.316. The number of benzene rings is 2. The van der Waals surface area contributed by atoms with Gasteiger partial charge in [-0.1, -0.05) is 54.1 Å². The van der Waals surface area contributed by atoms with Gasteiger partial charge in [0.1, 0.15) is 0 Å². The zero-order valence-corrected chi connectivity index (χ0v) is 16.3. The van der Waals surface area contributed by atoms with Gasteiger partial charge in [-0.3, -0.25) is 4.79 Å². The Balaban J connectivity index is 1.80. The number of hydrogen-bond acceptors (Lipinski definition) is 3. The summed E-state index contributed by atoms with van der Waals surface area (Å²) in [4.78, 5) is 12.1. The molecule has 0 aliphatic heterocycles. The van der Waals surface area contributed by atoms with E-state index in [9.17, 15) is 13.2 Å². The predicted octanol–water partition coefficient (Wildman–Crippen LogP) is 2.85. The molecule has 2 aromatic rings. The molecule has 0 aliphatic rings. The molecule has 0 spiro atoms. The summed E-state index contributed by atoms with van der Waals surface area (Å²) in [5.41, 5.74) is 1.99. The van der Waals surface area contributed by atoms with Gasteiger partial charge in [0.05, 0.1) is 12.8 Å². The minimum Gasteiger partial charge on any atom is -0.355 e. The molecule has 0 aromatic heterocycles. The fourth-order valence-electron chi connectivity index (χ4n) is 2.46. The minimum absolute atomic E-state index is 0.178. The summed E-state index contributed by atoms with van der Waals surface area (Å²) >= 11 is 5.85. The lowest BCUT2D eigenvalue weighted by Gasteiger charge is -2.19. The van der Waals surface area contributed by atoms with E-state index < -0.39 is 10.0 Å². The summed E-state index contributed by atoms with van der Waals surface area (Å²) in [5.74, 6) is -0.303. The maximum atomic E-state index is 12.1. The first-order valence-corrected chi connectivity index (χ1v) is 10.6. The Kier molecular flexibility index (Phi) is 7.63. The van der Waals surface area contributed by atoms with Crippen molar-refractivity contribution in [1.29, 1.82) is 0 Å². The van der Waals surface area contributed by atoms with Gasteiger partial charge in [0.15, 0.2) is 0 Å². The summed E-state index contributed by atoms with van der Waals surface area (Å²) in [5, 5.41) is 3.48. The second kappa shape index (κ2) is 9.71.